The summed E-state index contributed by atoms with van der Waals surface area (Å²) in [5.74, 6) is 2.44. The Morgan fingerprint density at radius 2 is 1.85 bits per heavy atom. The second-order valence-corrected chi connectivity index (χ2v) is 7.75. The second kappa shape index (κ2) is 7.84. The first kappa shape index (κ1) is 21.2. The lowest BCUT2D eigenvalue weighted by atomic mass is 9.91. The van der Waals surface area contributed by atoms with E-state index in [0.29, 0.717) is 19.0 Å². The summed E-state index contributed by atoms with van der Waals surface area (Å²) in [7, 11) is 0. The highest BCUT2D eigenvalue weighted by Gasteiger charge is 2.38. The van der Waals surface area contributed by atoms with Gasteiger partial charge in [0.05, 0.1) is 6.54 Å². The van der Waals surface area contributed by atoms with Crippen molar-refractivity contribution in [3.63, 3.8) is 0 Å². The molecule has 142 valence electrons. The number of hydrogen-bond acceptors (Lipinski definition) is 4. The van der Waals surface area contributed by atoms with Crippen LogP contribution in [0, 0.1) is 0 Å². The van der Waals surface area contributed by atoms with E-state index in [9.17, 15) is 4.79 Å². The number of fused-ring (bicyclic) bond motifs is 1. The molecule has 1 amide bonds. The topological polar surface area (TPSA) is 77.0 Å². The number of benzene rings is 1. The van der Waals surface area contributed by atoms with Crippen LogP contribution in [0.15, 0.2) is 28.7 Å². The molecule has 1 atom stereocenters. The van der Waals surface area contributed by atoms with E-state index in [1.54, 1.807) is 11.8 Å². The van der Waals surface area contributed by atoms with Crippen molar-refractivity contribution < 1.29 is 4.79 Å². The highest BCUT2D eigenvalue weighted by atomic mass is 79.9. The van der Waals surface area contributed by atoms with Crippen LogP contribution in [0.5, 0.6) is 0 Å². The number of nitrogens with zero attached hydrogens (tertiary/aromatic N) is 4. The van der Waals surface area contributed by atoms with Crippen molar-refractivity contribution in [3.05, 3.63) is 46.0 Å². The monoisotopic (exact) mass is 461 g/mol. The summed E-state index contributed by atoms with van der Waals surface area (Å²) in [6.07, 6.45) is 2.40. The van der Waals surface area contributed by atoms with Gasteiger partial charge in [-0.05, 0) is 37.5 Å². The SMILES string of the molecule is CC(N)(C(=O)N1CCn2c(nnc2C2CC2)C1)c1ccc(Br)cc1.Cl.Cl. The predicted octanol–water partition coefficient (Wildman–Crippen LogP) is 2.98. The smallest absolute Gasteiger partial charge is 0.247 e. The van der Waals surface area contributed by atoms with Gasteiger partial charge in [0, 0.05) is 23.5 Å². The van der Waals surface area contributed by atoms with Crippen LogP contribution in [0.25, 0.3) is 0 Å². The maximum absolute atomic E-state index is 13.0. The van der Waals surface area contributed by atoms with Crippen LogP contribution in [-0.2, 0) is 23.4 Å². The van der Waals surface area contributed by atoms with E-state index < -0.39 is 5.54 Å². The van der Waals surface area contributed by atoms with Gasteiger partial charge in [-0.15, -0.1) is 35.0 Å². The third-order valence-electron chi connectivity index (χ3n) is 4.90. The lowest BCUT2D eigenvalue weighted by Crippen LogP contribution is -2.52. The molecule has 4 rings (SSSR count). The average Bonchev–Trinajstić information content (AvgIpc) is 3.33. The number of rotatable bonds is 3. The molecule has 1 aliphatic carbocycles. The fraction of sp³-hybridized carbons (Fsp3) is 0.471. The van der Waals surface area contributed by atoms with Crippen molar-refractivity contribution in [3.8, 4) is 0 Å². The Kier molecular flexibility index (Phi) is 6.38. The third kappa shape index (κ3) is 3.76. The molecular weight excluding hydrogens is 441 g/mol. The highest BCUT2D eigenvalue weighted by Crippen LogP contribution is 2.39. The zero-order valence-electron chi connectivity index (χ0n) is 14.4. The summed E-state index contributed by atoms with van der Waals surface area (Å²) >= 11 is 3.41. The molecule has 26 heavy (non-hydrogen) atoms. The first-order valence-corrected chi connectivity index (χ1v) is 9.02. The van der Waals surface area contributed by atoms with Gasteiger partial charge >= 0.3 is 0 Å². The molecule has 1 aliphatic heterocycles. The van der Waals surface area contributed by atoms with E-state index in [1.165, 1.54) is 12.8 Å². The van der Waals surface area contributed by atoms with Crippen LogP contribution in [0.1, 0.15) is 42.9 Å². The normalized spacial score (nSPS) is 18.2. The number of nitrogens with two attached hydrogens (primary N) is 1. The van der Waals surface area contributed by atoms with Gasteiger partial charge in [-0.3, -0.25) is 4.79 Å². The molecule has 0 spiro atoms. The van der Waals surface area contributed by atoms with Gasteiger partial charge in [0.15, 0.2) is 5.82 Å². The minimum absolute atomic E-state index is 0. The Balaban J connectivity index is 0.00000121. The minimum Gasteiger partial charge on any atom is -0.331 e. The van der Waals surface area contributed by atoms with E-state index in [0.717, 1.165) is 28.2 Å². The zero-order valence-corrected chi connectivity index (χ0v) is 17.6. The van der Waals surface area contributed by atoms with Gasteiger partial charge in [-0.2, -0.15) is 0 Å². The molecule has 0 radical (unpaired) electrons. The number of halogens is 3. The van der Waals surface area contributed by atoms with Crippen molar-refractivity contribution >= 4 is 46.7 Å². The molecule has 1 fully saturated rings. The number of amides is 1. The van der Waals surface area contributed by atoms with Crippen molar-refractivity contribution in [1.82, 2.24) is 19.7 Å². The molecule has 2 aliphatic rings. The van der Waals surface area contributed by atoms with Gasteiger partial charge in [-0.25, -0.2) is 0 Å². The Labute approximate surface area is 173 Å². The molecule has 2 N–H and O–H groups in total. The summed E-state index contributed by atoms with van der Waals surface area (Å²) in [4.78, 5) is 14.8. The summed E-state index contributed by atoms with van der Waals surface area (Å²) in [6.45, 7) is 3.64. The van der Waals surface area contributed by atoms with E-state index >= 15 is 0 Å². The molecule has 1 saturated carbocycles. The molecule has 1 aromatic carbocycles. The van der Waals surface area contributed by atoms with Gasteiger partial charge in [0.1, 0.15) is 11.4 Å². The van der Waals surface area contributed by atoms with Crippen molar-refractivity contribution in [2.24, 2.45) is 5.73 Å². The summed E-state index contributed by atoms with van der Waals surface area (Å²) in [6, 6.07) is 7.59. The largest absolute Gasteiger partial charge is 0.331 e. The molecular formula is C17H22BrCl2N5O. The van der Waals surface area contributed by atoms with E-state index in [-0.39, 0.29) is 30.7 Å². The Bertz CT molecular complexity index is 789. The summed E-state index contributed by atoms with van der Waals surface area (Å²) in [5.41, 5.74) is 6.15. The number of hydrogen-bond donors (Lipinski definition) is 1. The maximum atomic E-state index is 13.0. The van der Waals surface area contributed by atoms with Gasteiger partial charge < -0.3 is 15.2 Å². The van der Waals surface area contributed by atoms with Crippen molar-refractivity contribution in [2.75, 3.05) is 6.54 Å². The van der Waals surface area contributed by atoms with E-state index in [4.69, 9.17) is 5.73 Å². The van der Waals surface area contributed by atoms with Crippen molar-refractivity contribution in [1.29, 1.82) is 0 Å². The molecule has 2 heterocycles. The predicted molar refractivity (Wildman–Crippen MR) is 108 cm³/mol. The van der Waals surface area contributed by atoms with Crippen LogP contribution >= 0.6 is 40.7 Å². The number of carbonyl (C=O) groups excluding carboxylic acids is 1. The molecule has 6 nitrogen and oxygen atoms in total. The molecule has 1 unspecified atom stereocenters. The average molecular weight is 463 g/mol. The number of carbonyl (C=O) groups is 1. The molecule has 1 aromatic heterocycles. The lowest BCUT2D eigenvalue weighted by molar-refractivity contribution is -0.138. The Morgan fingerprint density at radius 3 is 2.46 bits per heavy atom. The van der Waals surface area contributed by atoms with Crippen LogP contribution in [0.3, 0.4) is 0 Å². The lowest BCUT2D eigenvalue weighted by Gasteiger charge is -2.34. The van der Waals surface area contributed by atoms with E-state index in [1.807, 2.05) is 24.3 Å². The molecule has 9 heteroatoms. The molecule has 0 saturated heterocycles. The van der Waals surface area contributed by atoms with Gasteiger partial charge in [-0.1, -0.05) is 28.1 Å². The standard InChI is InChI=1S/C17H20BrN5O.2ClH/c1-17(19,12-4-6-13(18)7-5-12)16(24)22-8-9-23-14(10-22)20-21-15(23)11-2-3-11;;/h4-7,11H,2-3,8-10,19H2,1H3;2*1H. The van der Waals surface area contributed by atoms with Gasteiger partial charge in [0.25, 0.3) is 0 Å². The first-order valence-electron chi connectivity index (χ1n) is 8.23. The zero-order chi connectivity index (χ0) is 16.9. The van der Waals surface area contributed by atoms with Gasteiger partial charge in [0.2, 0.25) is 5.91 Å². The fourth-order valence-electron chi connectivity index (χ4n) is 3.25. The van der Waals surface area contributed by atoms with Crippen LogP contribution in [0.4, 0.5) is 0 Å². The third-order valence-corrected chi connectivity index (χ3v) is 5.43. The van der Waals surface area contributed by atoms with E-state index in [2.05, 4.69) is 30.7 Å². The highest BCUT2D eigenvalue weighted by molar-refractivity contribution is 9.10. The molecule has 0 bridgehead atoms. The fourth-order valence-corrected chi connectivity index (χ4v) is 3.51. The maximum Gasteiger partial charge on any atom is 0.247 e. The molecule has 2 aromatic rings. The summed E-state index contributed by atoms with van der Waals surface area (Å²) in [5, 5.41) is 8.61. The Hall–Kier alpha value is -1.15. The quantitative estimate of drug-likeness (QED) is 0.760. The first-order chi connectivity index (χ1) is 11.5. The van der Waals surface area contributed by atoms with Crippen LogP contribution in [-0.4, -0.2) is 32.1 Å². The summed E-state index contributed by atoms with van der Waals surface area (Å²) < 4.78 is 3.14. The van der Waals surface area contributed by atoms with Crippen LogP contribution < -0.4 is 5.73 Å². The second-order valence-electron chi connectivity index (χ2n) is 6.84. The van der Waals surface area contributed by atoms with Crippen LogP contribution in [0.2, 0.25) is 0 Å². The number of aromatic nitrogens is 3. The van der Waals surface area contributed by atoms with Crippen molar-refractivity contribution in [2.45, 2.75) is 44.3 Å². The Morgan fingerprint density at radius 1 is 1.19 bits per heavy atom. The minimum atomic E-state index is -1.05.